The molecule has 1 atom stereocenters. The molecule has 3 aromatic carbocycles. The van der Waals surface area contributed by atoms with Gasteiger partial charge in [0.1, 0.15) is 11.2 Å². The highest BCUT2D eigenvalue weighted by Crippen LogP contribution is 2.43. The molecule has 1 N–H and O–H groups in total. The van der Waals surface area contributed by atoms with Crippen LogP contribution in [0.4, 0.5) is 15.8 Å². The van der Waals surface area contributed by atoms with Gasteiger partial charge in [0, 0.05) is 11.4 Å². The Kier molecular flexibility index (Phi) is 5.59. The normalized spacial score (nSPS) is 16.0. The first-order valence-electron chi connectivity index (χ1n) is 9.61. The van der Waals surface area contributed by atoms with Crippen molar-refractivity contribution in [3.05, 3.63) is 94.8 Å². The van der Waals surface area contributed by atoms with Gasteiger partial charge in [0.05, 0.1) is 11.3 Å². The molecule has 1 heterocycles. The third-order valence-electron chi connectivity index (χ3n) is 5.05. The van der Waals surface area contributed by atoms with Crippen LogP contribution in [0.5, 0.6) is 0 Å². The molecule has 0 aromatic heterocycles. The smallest absolute Gasteiger partial charge is 0.258 e. The van der Waals surface area contributed by atoms with Gasteiger partial charge in [0.15, 0.2) is 0 Å². The molecule has 0 aliphatic carbocycles. The van der Waals surface area contributed by atoms with Crippen LogP contribution in [0.15, 0.2) is 66.7 Å². The van der Waals surface area contributed by atoms with Gasteiger partial charge in [-0.3, -0.25) is 14.5 Å². The summed E-state index contributed by atoms with van der Waals surface area (Å²) in [5.41, 5.74) is 4.66. The molecule has 0 bridgehead atoms. The lowest BCUT2D eigenvalue weighted by Gasteiger charge is -2.26. The molecule has 2 amide bonds. The standard InChI is InChI=1S/C24H21FN2O2S/c1-15-7-12-21(16(2)13-15)27-22(28)14-30-24(27)17-8-10-18(11-9-17)26-23(29)19-5-3-4-6-20(19)25/h3-13,24H,14H2,1-2H3,(H,26,29). The molecular formula is C24H21FN2O2S. The van der Waals surface area contributed by atoms with Crippen molar-refractivity contribution in [1.82, 2.24) is 0 Å². The number of hydrogen-bond donors (Lipinski definition) is 1. The van der Waals surface area contributed by atoms with E-state index in [-0.39, 0.29) is 16.8 Å². The molecule has 1 aliphatic rings. The summed E-state index contributed by atoms with van der Waals surface area (Å²) in [6.45, 7) is 4.04. The first-order chi connectivity index (χ1) is 14.4. The van der Waals surface area contributed by atoms with Gasteiger partial charge in [-0.2, -0.15) is 0 Å². The maximum Gasteiger partial charge on any atom is 0.258 e. The quantitative estimate of drug-likeness (QED) is 0.609. The molecule has 4 rings (SSSR count). The van der Waals surface area contributed by atoms with E-state index >= 15 is 0 Å². The SMILES string of the molecule is Cc1ccc(N2C(=O)CSC2c2ccc(NC(=O)c3ccccc3F)cc2)c(C)c1. The Hall–Kier alpha value is -3.12. The van der Waals surface area contributed by atoms with Crippen LogP contribution in [0, 0.1) is 19.7 Å². The monoisotopic (exact) mass is 420 g/mol. The number of amides is 2. The molecule has 4 nitrogen and oxygen atoms in total. The predicted molar refractivity (Wildman–Crippen MR) is 119 cm³/mol. The van der Waals surface area contributed by atoms with E-state index in [4.69, 9.17) is 0 Å². The van der Waals surface area contributed by atoms with Gasteiger partial charge in [0.2, 0.25) is 5.91 Å². The predicted octanol–water partition coefficient (Wildman–Crippen LogP) is 5.47. The minimum atomic E-state index is -0.559. The Balaban J connectivity index is 1.55. The average molecular weight is 421 g/mol. The molecule has 0 saturated carbocycles. The van der Waals surface area contributed by atoms with Gasteiger partial charge in [-0.1, -0.05) is 42.0 Å². The van der Waals surface area contributed by atoms with Crippen LogP contribution < -0.4 is 10.2 Å². The minimum Gasteiger partial charge on any atom is -0.322 e. The largest absolute Gasteiger partial charge is 0.322 e. The van der Waals surface area contributed by atoms with Crippen LogP contribution >= 0.6 is 11.8 Å². The fourth-order valence-corrected chi connectivity index (χ4v) is 4.75. The molecule has 1 unspecified atom stereocenters. The summed E-state index contributed by atoms with van der Waals surface area (Å²) in [6, 6.07) is 19.3. The average Bonchev–Trinajstić information content (AvgIpc) is 3.10. The zero-order chi connectivity index (χ0) is 21.3. The van der Waals surface area contributed by atoms with Gasteiger partial charge in [-0.05, 0) is 55.3 Å². The second-order valence-corrected chi connectivity index (χ2v) is 8.34. The fourth-order valence-electron chi connectivity index (χ4n) is 3.58. The third kappa shape index (κ3) is 3.96. The van der Waals surface area contributed by atoms with E-state index < -0.39 is 11.7 Å². The molecule has 0 radical (unpaired) electrons. The summed E-state index contributed by atoms with van der Waals surface area (Å²) >= 11 is 1.58. The van der Waals surface area contributed by atoms with Crippen LogP contribution in [0.1, 0.15) is 32.4 Å². The second kappa shape index (κ2) is 8.32. The molecule has 1 aliphatic heterocycles. The van der Waals surface area contributed by atoms with Crippen molar-refractivity contribution in [3.63, 3.8) is 0 Å². The van der Waals surface area contributed by atoms with Crippen molar-refractivity contribution in [1.29, 1.82) is 0 Å². The Labute approximate surface area is 179 Å². The van der Waals surface area contributed by atoms with Gasteiger partial charge < -0.3 is 5.32 Å². The summed E-state index contributed by atoms with van der Waals surface area (Å²) in [4.78, 5) is 26.8. The number of hydrogen-bond acceptors (Lipinski definition) is 3. The van der Waals surface area contributed by atoms with E-state index in [9.17, 15) is 14.0 Å². The van der Waals surface area contributed by atoms with Gasteiger partial charge in [-0.15, -0.1) is 11.8 Å². The molecule has 152 valence electrons. The number of halogens is 1. The van der Waals surface area contributed by atoms with Crippen LogP contribution in [0.2, 0.25) is 0 Å². The van der Waals surface area contributed by atoms with Crippen molar-refractivity contribution >= 4 is 35.0 Å². The number of carbonyl (C=O) groups excluding carboxylic acids is 2. The molecule has 30 heavy (non-hydrogen) atoms. The maximum atomic E-state index is 13.8. The molecule has 1 fully saturated rings. The zero-order valence-corrected chi connectivity index (χ0v) is 17.5. The summed E-state index contributed by atoms with van der Waals surface area (Å²) in [6.07, 6.45) is 0. The van der Waals surface area contributed by atoms with E-state index in [1.54, 1.807) is 36.0 Å². The van der Waals surface area contributed by atoms with Gasteiger partial charge in [-0.25, -0.2) is 4.39 Å². The maximum absolute atomic E-state index is 13.8. The highest BCUT2D eigenvalue weighted by Gasteiger charge is 2.34. The third-order valence-corrected chi connectivity index (χ3v) is 6.26. The number of aryl methyl sites for hydroxylation is 2. The molecule has 0 spiro atoms. The topological polar surface area (TPSA) is 49.4 Å². The second-order valence-electron chi connectivity index (χ2n) is 7.27. The highest BCUT2D eigenvalue weighted by atomic mass is 32.2. The molecule has 6 heteroatoms. The van der Waals surface area contributed by atoms with Crippen LogP contribution in [-0.2, 0) is 4.79 Å². The van der Waals surface area contributed by atoms with Crippen LogP contribution in [0.3, 0.4) is 0 Å². The number of anilines is 2. The minimum absolute atomic E-state index is 0.000423. The van der Waals surface area contributed by atoms with Crippen molar-refractivity contribution in [3.8, 4) is 0 Å². The molecule has 3 aromatic rings. The van der Waals surface area contributed by atoms with Crippen molar-refractivity contribution < 1.29 is 14.0 Å². The summed E-state index contributed by atoms with van der Waals surface area (Å²) in [5, 5.41) is 2.59. The summed E-state index contributed by atoms with van der Waals surface area (Å²) in [7, 11) is 0. The lowest BCUT2D eigenvalue weighted by molar-refractivity contribution is -0.115. The number of thioether (sulfide) groups is 1. The van der Waals surface area contributed by atoms with Crippen LogP contribution in [-0.4, -0.2) is 17.6 Å². The Morgan fingerprint density at radius 1 is 1.07 bits per heavy atom. The summed E-state index contributed by atoms with van der Waals surface area (Å²) in [5.74, 6) is -0.558. The number of nitrogens with one attached hydrogen (secondary N) is 1. The first kappa shape index (κ1) is 20.2. The van der Waals surface area contributed by atoms with E-state index in [0.717, 1.165) is 22.4 Å². The molecular weight excluding hydrogens is 399 g/mol. The van der Waals surface area contributed by atoms with Crippen molar-refractivity contribution in [2.75, 3.05) is 16.0 Å². The highest BCUT2D eigenvalue weighted by molar-refractivity contribution is 8.00. The van der Waals surface area contributed by atoms with Crippen LogP contribution in [0.25, 0.3) is 0 Å². The molecule has 1 saturated heterocycles. The van der Waals surface area contributed by atoms with Gasteiger partial charge in [0.25, 0.3) is 5.91 Å². The van der Waals surface area contributed by atoms with Crippen molar-refractivity contribution in [2.45, 2.75) is 19.2 Å². The fraction of sp³-hybridized carbons (Fsp3) is 0.167. The van der Waals surface area contributed by atoms with Crippen molar-refractivity contribution in [2.24, 2.45) is 0 Å². The number of rotatable bonds is 4. The summed E-state index contributed by atoms with van der Waals surface area (Å²) < 4.78 is 13.8. The Bertz CT molecular complexity index is 1110. The lowest BCUT2D eigenvalue weighted by Crippen LogP contribution is -2.28. The number of carbonyl (C=O) groups is 2. The van der Waals surface area contributed by atoms with E-state index in [0.29, 0.717) is 11.4 Å². The number of nitrogens with zero attached hydrogens (tertiary/aromatic N) is 1. The number of benzene rings is 3. The van der Waals surface area contributed by atoms with E-state index in [1.807, 2.05) is 43.0 Å². The van der Waals surface area contributed by atoms with E-state index in [2.05, 4.69) is 11.4 Å². The Morgan fingerprint density at radius 2 is 1.80 bits per heavy atom. The van der Waals surface area contributed by atoms with Gasteiger partial charge >= 0.3 is 0 Å². The zero-order valence-electron chi connectivity index (χ0n) is 16.7. The Morgan fingerprint density at radius 3 is 2.50 bits per heavy atom. The van der Waals surface area contributed by atoms with E-state index in [1.165, 1.54) is 12.1 Å². The first-order valence-corrected chi connectivity index (χ1v) is 10.7. The lowest BCUT2D eigenvalue weighted by atomic mass is 10.1.